The lowest BCUT2D eigenvalue weighted by atomic mass is 10.1. The fraction of sp³-hybridized carbons (Fsp3) is 0.857. The summed E-state index contributed by atoms with van der Waals surface area (Å²) in [5.74, 6) is 1.36. The molecule has 1 aliphatic rings. The van der Waals surface area contributed by atoms with Crippen molar-refractivity contribution in [3.8, 4) is 0 Å². The van der Waals surface area contributed by atoms with Crippen LogP contribution in [0.2, 0.25) is 0 Å². The molecule has 1 aliphatic heterocycles. The molecule has 0 aromatic carbocycles. The molecule has 1 atom stereocenters. The summed E-state index contributed by atoms with van der Waals surface area (Å²) in [6.45, 7) is 5.54. The van der Waals surface area contributed by atoms with Crippen LogP contribution in [0.1, 0.15) is 25.1 Å². The molecular formula is C7H13N5. The molecule has 1 N–H and O–H groups in total. The van der Waals surface area contributed by atoms with E-state index in [0.29, 0.717) is 5.92 Å². The molecule has 0 amide bonds. The highest BCUT2D eigenvalue weighted by Gasteiger charge is 2.25. The van der Waals surface area contributed by atoms with Crippen molar-refractivity contribution in [2.75, 3.05) is 19.6 Å². The van der Waals surface area contributed by atoms with Crippen LogP contribution in [-0.2, 0) is 0 Å². The zero-order chi connectivity index (χ0) is 8.39. The molecule has 0 aliphatic carbocycles. The van der Waals surface area contributed by atoms with Crippen molar-refractivity contribution in [3.05, 3.63) is 5.82 Å². The normalized spacial score (nSPS) is 24.9. The van der Waals surface area contributed by atoms with Gasteiger partial charge in [0.25, 0.3) is 0 Å². The molecule has 0 bridgehead atoms. The quantitative estimate of drug-likeness (QED) is 0.674. The number of hydrogen-bond donors (Lipinski definition) is 1. The minimum Gasteiger partial charge on any atom is -0.303 e. The monoisotopic (exact) mass is 167 g/mol. The molecule has 5 nitrogen and oxygen atoms in total. The Morgan fingerprint density at radius 2 is 2.58 bits per heavy atom. The smallest absolute Gasteiger partial charge is 0.178 e. The van der Waals surface area contributed by atoms with Gasteiger partial charge in [-0.15, -0.1) is 10.2 Å². The molecule has 2 heterocycles. The number of rotatable bonds is 2. The van der Waals surface area contributed by atoms with Gasteiger partial charge in [0.15, 0.2) is 5.82 Å². The Morgan fingerprint density at radius 3 is 3.17 bits per heavy atom. The lowest BCUT2D eigenvalue weighted by molar-refractivity contribution is 0.352. The van der Waals surface area contributed by atoms with Gasteiger partial charge in [-0.2, -0.15) is 5.21 Å². The average molecular weight is 167 g/mol. The summed E-state index contributed by atoms with van der Waals surface area (Å²) in [5.41, 5.74) is 0. The van der Waals surface area contributed by atoms with E-state index in [0.717, 1.165) is 31.9 Å². The maximum absolute atomic E-state index is 3.99. The SMILES string of the molecule is CCN1CC[C@H](c2nn[nH]n2)C1. The Kier molecular flexibility index (Phi) is 2.03. The maximum atomic E-state index is 3.99. The third-order valence-corrected chi connectivity index (χ3v) is 2.45. The predicted octanol–water partition coefficient (Wildman–Crippen LogP) is 0.00890. The minimum absolute atomic E-state index is 0.490. The van der Waals surface area contributed by atoms with Crippen LogP contribution in [0.4, 0.5) is 0 Å². The topological polar surface area (TPSA) is 57.7 Å². The molecule has 0 radical (unpaired) electrons. The summed E-state index contributed by atoms with van der Waals surface area (Å²) in [5, 5.41) is 14.0. The first-order valence-electron chi connectivity index (χ1n) is 4.36. The van der Waals surface area contributed by atoms with E-state index in [9.17, 15) is 0 Å². The number of aromatic amines is 1. The van der Waals surface area contributed by atoms with Crippen molar-refractivity contribution in [3.63, 3.8) is 0 Å². The van der Waals surface area contributed by atoms with Gasteiger partial charge in [0.2, 0.25) is 0 Å². The molecule has 1 aromatic heterocycles. The number of H-pyrrole nitrogens is 1. The molecule has 1 saturated heterocycles. The van der Waals surface area contributed by atoms with Gasteiger partial charge < -0.3 is 4.90 Å². The van der Waals surface area contributed by atoms with Crippen LogP contribution in [0.15, 0.2) is 0 Å². The second-order valence-electron chi connectivity index (χ2n) is 3.15. The molecule has 0 spiro atoms. The van der Waals surface area contributed by atoms with Gasteiger partial charge in [0.05, 0.1) is 0 Å². The molecule has 2 rings (SSSR count). The van der Waals surface area contributed by atoms with E-state index < -0.39 is 0 Å². The highest BCUT2D eigenvalue weighted by atomic mass is 15.5. The Labute approximate surface area is 71.1 Å². The number of likely N-dealkylation sites (tertiary alicyclic amines) is 1. The summed E-state index contributed by atoms with van der Waals surface area (Å²) in [6, 6.07) is 0. The van der Waals surface area contributed by atoms with Crippen LogP contribution in [0, 0.1) is 0 Å². The number of hydrogen-bond acceptors (Lipinski definition) is 4. The number of nitrogens with one attached hydrogen (secondary N) is 1. The van der Waals surface area contributed by atoms with E-state index in [2.05, 4.69) is 32.4 Å². The summed E-state index contributed by atoms with van der Waals surface area (Å²) in [7, 11) is 0. The van der Waals surface area contributed by atoms with E-state index in [4.69, 9.17) is 0 Å². The minimum atomic E-state index is 0.490. The molecule has 0 saturated carbocycles. The van der Waals surface area contributed by atoms with Crippen molar-refractivity contribution >= 4 is 0 Å². The largest absolute Gasteiger partial charge is 0.303 e. The first-order chi connectivity index (χ1) is 5.90. The molecule has 0 unspecified atom stereocenters. The third kappa shape index (κ3) is 1.32. The van der Waals surface area contributed by atoms with E-state index in [1.54, 1.807) is 0 Å². The van der Waals surface area contributed by atoms with Crippen molar-refractivity contribution in [1.82, 2.24) is 25.5 Å². The van der Waals surface area contributed by atoms with Crippen LogP contribution >= 0.6 is 0 Å². The van der Waals surface area contributed by atoms with Gasteiger partial charge in [-0.25, -0.2) is 0 Å². The summed E-state index contributed by atoms with van der Waals surface area (Å²) in [4.78, 5) is 2.40. The van der Waals surface area contributed by atoms with Crippen molar-refractivity contribution in [2.24, 2.45) is 0 Å². The fourth-order valence-corrected chi connectivity index (χ4v) is 1.67. The average Bonchev–Trinajstić information content (AvgIpc) is 2.75. The zero-order valence-corrected chi connectivity index (χ0v) is 7.19. The second kappa shape index (κ2) is 3.18. The van der Waals surface area contributed by atoms with Crippen molar-refractivity contribution in [2.45, 2.75) is 19.3 Å². The van der Waals surface area contributed by atoms with Gasteiger partial charge in [0.1, 0.15) is 0 Å². The van der Waals surface area contributed by atoms with Gasteiger partial charge in [-0.05, 0) is 19.5 Å². The molecule has 12 heavy (non-hydrogen) atoms. The summed E-state index contributed by atoms with van der Waals surface area (Å²) >= 11 is 0. The van der Waals surface area contributed by atoms with Crippen LogP contribution < -0.4 is 0 Å². The lowest BCUT2D eigenvalue weighted by Crippen LogP contribution is -2.19. The summed E-state index contributed by atoms with van der Waals surface area (Å²) < 4.78 is 0. The van der Waals surface area contributed by atoms with Gasteiger partial charge in [0, 0.05) is 12.5 Å². The van der Waals surface area contributed by atoms with E-state index in [-0.39, 0.29) is 0 Å². The Bertz CT molecular complexity index is 232. The molecule has 1 fully saturated rings. The van der Waals surface area contributed by atoms with E-state index >= 15 is 0 Å². The Balaban J connectivity index is 2.00. The number of aromatic nitrogens is 4. The van der Waals surface area contributed by atoms with Gasteiger partial charge >= 0.3 is 0 Å². The molecule has 1 aromatic rings. The first-order valence-corrected chi connectivity index (χ1v) is 4.36. The fourth-order valence-electron chi connectivity index (χ4n) is 1.67. The first kappa shape index (κ1) is 7.67. The second-order valence-corrected chi connectivity index (χ2v) is 3.15. The standard InChI is InChI=1S/C7H13N5/c1-2-12-4-3-6(5-12)7-8-10-11-9-7/h6H,2-5H2,1H3,(H,8,9,10,11)/t6-/m0/s1. The highest BCUT2D eigenvalue weighted by Crippen LogP contribution is 2.22. The lowest BCUT2D eigenvalue weighted by Gasteiger charge is -2.10. The van der Waals surface area contributed by atoms with Crippen molar-refractivity contribution in [1.29, 1.82) is 0 Å². The Hall–Kier alpha value is -0.970. The zero-order valence-electron chi connectivity index (χ0n) is 7.19. The summed E-state index contributed by atoms with van der Waals surface area (Å²) in [6.07, 6.45) is 1.16. The van der Waals surface area contributed by atoms with Crippen molar-refractivity contribution < 1.29 is 0 Å². The van der Waals surface area contributed by atoms with Gasteiger partial charge in [-0.3, -0.25) is 0 Å². The van der Waals surface area contributed by atoms with Crippen LogP contribution in [0.3, 0.4) is 0 Å². The highest BCUT2D eigenvalue weighted by molar-refractivity contribution is 4.96. The molecular weight excluding hydrogens is 154 g/mol. The van der Waals surface area contributed by atoms with E-state index in [1.807, 2.05) is 0 Å². The van der Waals surface area contributed by atoms with Crippen LogP contribution in [-0.4, -0.2) is 45.2 Å². The van der Waals surface area contributed by atoms with E-state index in [1.165, 1.54) is 0 Å². The van der Waals surface area contributed by atoms with Gasteiger partial charge in [-0.1, -0.05) is 12.1 Å². The third-order valence-electron chi connectivity index (χ3n) is 2.45. The maximum Gasteiger partial charge on any atom is 0.178 e. The number of likely N-dealkylation sites (N-methyl/N-ethyl adjacent to an activating group) is 1. The van der Waals surface area contributed by atoms with Crippen LogP contribution in [0.25, 0.3) is 0 Å². The van der Waals surface area contributed by atoms with Crippen LogP contribution in [0.5, 0.6) is 0 Å². The molecule has 66 valence electrons. The molecule has 5 heteroatoms. The number of tetrazole rings is 1. The number of nitrogens with zero attached hydrogens (tertiary/aromatic N) is 4. The Morgan fingerprint density at radius 1 is 1.67 bits per heavy atom. The predicted molar refractivity (Wildman–Crippen MR) is 43.6 cm³/mol.